The zero-order chi connectivity index (χ0) is 17.5. The standard InChI is InChI=1S/C14H19ClN2O5S/c1-3-7-16-13(18)10-22-14(19)9-17(23(2,20)21)12-6-4-5-11(15)8-12/h4-6,8H,3,7,9-10H2,1-2H3,(H,16,18). The molecule has 1 rings (SSSR count). The number of nitrogens with one attached hydrogen (secondary N) is 1. The minimum Gasteiger partial charge on any atom is -0.454 e. The molecule has 0 atom stereocenters. The summed E-state index contributed by atoms with van der Waals surface area (Å²) in [4.78, 5) is 23.2. The molecule has 9 heteroatoms. The van der Waals surface area contributed by atoms with Crippen LogP contribution in [-0.2, 0) is 24.3 Å². The number of carbonyl (C=O) groups excluding carboxylic acids is 2. The summed E-state index contributed by atoms with van der Waals surface area (Å²) in [5.74, 6) is -1.27. The van der Waals surface area contributed by atoms with E-state index in [2.05, 4.69) is 5.32 Å². The van der Waals surface area contributed by atoms with Crippen LogP contribution in [0.2, 0.25) is 5.02 Å². The summed E-state index contributed by atoms with van der Waals surface area (Å²) in [5.41, 5.74) is 0.243. The number of hydrogen-bond acceptors (Lipinski definition) is 5. The number of ether oxygens (including phenoxy) is 1. The van der Waals surface area contributed by atoms with Crippen molar-refractivity contribution in [1.82, 2.24) is 5.32 Å². The van der Waals surface area contributed by atoms with E-state index in [1.165, 1.54) is 12.1 Å². The lowest BCUT2D eigenvalue weighted by Crippen LogP contribution is -2.37. The van der Waals surface area contributed by atoms with Crippen LogP contribution in [0.4, 0.5) is 5.69 Å². The Morgan fingerprint density at radius 2 is 2.04 bits per heavy atom. The first kappa shape index (κ1) is 19.2. The molecular weight excluding hydrogens is 344 g/mol. The number of halogens is 1. The van der Waals surface area contributed by atoms with E-state index in [4.69, 9.17) is 16.3 Å². The summed E-state index contributed by atoms with van der Waals surface area (Å²) in [6.45, 7) is 1.38. The van der Waals surface area contributed by atoms with Gasteiger partial charge in [-0.25, -0.2) is 8.42 Å². The molecule has 0 saturated carbocycles. The molecule has 128 valence electrons. The van der Waals surface area contributed by atoms with Gasteiger partial charge in [-0.3, -0.25) is 13.9 Å². The van der Waals surface area contributed by atoms with Gasteiger partial charge >= 0.3 is 5.97 Å². The van der Waals surface area contributed by atoms with Gasteiger partial charge in [0.2, 0.25) is 10.0 Å². The Bertz CT molecular complexity index is 663. The van der Waals surface area contributed by atoms with Crippen molar-refractivity contribution in [3.05, 3.63) is 29.3 Å². The Morgan fingerprint density at radius 3 is 2.61 bits per heavy atom. The molecule has 0 radical (unpaired) electrons. The number of rotatable bonds is 8. The van der Waals surface area contributed by atoms with Gasteiger partial charge < -0.3 is 10.1 Å². The minimum absolute atomic E-state index is 0.243. The zero-order valence-electron chi connectivity index (χ0n) is 12.9. The number of anilines is 1. The molecule has 1 aromatic rings. The molecular formula is C14H19ClN2O5S. The van der Waals surface area contributed by atoms with Gasteiger partial charge in [-0.2, -0.15) is 0 Å². The zero-order valence-corrected chi connectivity index (χ0v) is 14.5. The molecule has 0 aliphatic heterocycles. The molecule has 23 heavy (non-hydrogen) atoms. The van der Waals surface area contributed by atoms with Crippen LogP contribution in [0.15, 0.2) is 24.3 Å². The number of carbonyl (C=O) groups is 2. The van der Waals surface area contributed by atoms with Gasteiger partial charge in [-0.15, -0.1) is 0 Å². The van der Waals surface area contributed by atoms with E-state index in [9.17, 15) is 18.0 Å². The van der Waals surface area contributed by atoms with E-state index in [0.29, 0.717) is 11.6 Å². The number of hydrogen-bond donors (Lipinski definition) is 1. The maximum absolute atomic E-state index is 11.9. The SMILES string of the molecule is CCCNC(=O)COC(=O)CN(c1cccc(Cl)c1)S(C)(=O)=O. The van der Waals surface area contributed by atoms with Crippen LogP contribution < -0.4 is 9.62 Å². The smallest absolute Gasteiger partial charge is 0.327 e. The molecule has 1 aromatic carbocycles. The largest absolute Gasteiger partial charge is 0.454 e. The summed E-state index contributed by atoms with van der Waals surface area (Å²) in [5, 5.41) is 2.88. The normalized spacial score (nSPS) is 10.9. The molecule has 0 unspecified atom stereocenters. The molecule has 0 bridgehead atoms. The molecule has 0 aliphatic rings. The highest BCUT2D eigenvalue weighted by atomic mass is 35.5. The molecule has 7 nitrogen and oxygen atoms in total. The third kappa shape index (κ3) is 6.87. The predicted octanol–water partition coefficient (Wildman–Crippen LogP) is 1.18. The Morgan fingerprint density at radius 1 is 1.35 bits per heavy atom. The van der Waals surface area contributed by atoms with Crippen molar-refractivity contribution in [3.8, 4) is 0 Å². The third-order valence-electron chi connectivity index (χ3n) is 2.71. The van der Waals surface area contributed by atoms with Crippen LogP contribution in [0.3, 0.4) is 0 Å². The monoisotopic (exact) mass is 362 g/mol. The van der Waals surface area contributed by atoms with Crippen molar-refractivity contribution < 1.29 is 22.7 Å². The van der Waals surface area contributed by atoms with E-state index in [1.54, 1.807) is 12.1 Å². The lowest BCUT2D eigenvalue weighted by Gasteiger charge is -2.21. The van der Waals surface area contributed by atoms with Crippen molar-refractivity contribution in [3.63, 3.8) is 0 Å². The maximum atomic E-state index is 11.9. The average Bonchev–Trinajstić information content (AvgIpc) is 2.47. The van der Waals surface area contributed by atoms with Crippen LogP contribution in [0, 0.1) is 0 Å². The van der Waals surface area contributed by atoms with E-state index in [0.717, 1.165) is 17.0 Å². The first-order valence-corrected chi connectivity index (χ1v) is 9.12. The summed E-state index contributed by atoms with van der Waals surface area (Å²) in [6, 6.07) is 6.08. The second-order valence-corrected chi connectivity index (χ2v) is 7.10. The fourth-order valence-corrected chi connectivity index (χ4v) is 2.68. The van der Waals surface area contributed by atoms with Crippen LogP contribution in [-0.4, -0.2) is 46.2 Å². The average molecular weight is 363 g/mol. The molecule has 0 fully saturated rings. The van der Waals surface area contributed by atoms with Crippen molar-refractivity contribution in [2.45, 2.75) is 13.3 Å². The van der Waals surface area contributed by atoms with Crippen LogP contribution >= 0.6 is 11.6 Å². The first-order valence-electron chi connectivity index (χ1n) is 6.89. The Labute approximate surface area is 140 Å². The lowest BCUT2D eigenvalue weighted by atomic mass is 10.3. The van der Waals surface area contributed by atoms with Crippen molar-refractivity contribution in [2.75, 3.05) is 30.3 Å². The van der Waals surface area contributed by atoms with Crippen LogP contribution in [0.25, 0.3) is 0 Å². The van der Waals surface area contributed by atoms with Crippen molar-refractivity contribution in [1.29, 1.82) is 0 Å². The quantitative estimate of drug-likeness (QED) is 0.701. The Kier molecular flexibility index (Phi) is 7.31. The van der Waals surface area contributed by atoms with E-state index >= 15 is 0 Å². The number of esters is 1. The fourth-order valence-electron chi connectivity index (χ4n) is 1.66. The van der Waals surface area contributed by atoms with Gasteiger partial charge in [0.05, 0.1) is 11.9 Å². The second kappa shape index (κ2) is 8.73. The third-order valence-corrected chi connectivity index (χ3v) is 4.08. The minimum atomic E-state index is -3.71. The summed E-state index contributed by atoms with van der Waals surface area (Å²) >= 11 is 5.84. The summed E-state index contributed by atoms with van der Waals surface area (Å²) < 4.78 is 29.4. The van der Waals surface area contributed by atoms with Crippen LogP contribution in [0.5, 0.6) is 0 Å². The van der Waals surface area contributed by atoms with Gasteiger partial charge in [0, 0.05) is 11.6 Å². The number of nitrogens with zero attached hydrogens (tertiary/aromatic N) is 1. The number of benzene rings is 1. The maximum Gasteiger partial charge on any atom is 0.327 e. The molecule has 0 aliphatic carbocycles. The van der Waals surface area contributed by atoms with Gasteiger partial charge in [0.25, 0.3) is 5.91 Å². The molecule has 0 heterocycles. The van der Waals surface area contributed by atoms with Gasteiger partial charge in [-0.05, 0) is 24.6 Å². The Hall–Kier alpha value is -1.80. The summed E-state index contributed by atoms with van der Waals surface area (Å²) in [6.07, 6.45) is 1.73. The fraction of sp³-hybridized carbons (Fsp3) is 0.429. The molecule has 1 N–H and O–H groups in total. The van der Waals surface area contributed by atoms with E-state index in [1.807, 2.05) is 6.92 Å². The highest BCUT2D eigenvalue weighted by Gasteiger charge is 2.22. The molecule has 0 spiro atoms. The van der Waals surface area contributed by atoms with Gasteiger partial charge in [0.15, 0.2) is 6.61 Å². The van der Waals surface area contributed by atoms with Crippen molar-refractivity contribution >= 4 is 39.2 Å². The lowest BCUT2D eigenvalue weighted by molar-refractivity contribution is -0.147. The number of sulfonamides is 1. The second-order valence-electron chi connectivity index (χ2n) is 4.76. The van der Waals surface area contributed by atoms with Gasteiger partial charge in [-0.1, -0.05) is 24.6 Å². The summed E-state index contributed by atoms with van der Waals surface area (Å²) in [7, 11) is -3.71. The number of amides is 1. The first-order chi connectivity index (χ1) is 10.7. The predicted molar refractivity (Wildman–Crippen MR) is 87.9 cm³/mol. The van der Waals surface area contributed by atoms with Crippen molar-refractivity contribution in [2.24, 2.45) is 0 Å². The Balaban J connectivity index is 2.72. The van der Waals surface area contributed by atoms with Crippen LogP contribution in [0.1, 0.15) is 13.3 Å². The topological polar surface area (TPSA) is 92.8 Å². The van der Waals surface area contributed by atoms with Gasteiger partial charge in [0.1, 0.15) is 6.54 Å². The van der Waals surface area contributed by atoms with E-state index < -0.39 is 35.1 Å². The highest BCUT2D eigenvalue weighted by Crippen LogP contribution is 2.21. The van der Waals surface area contributed by atoms with E-state index in [-0.39, 0.29) is 5.69 Å². The highest BCUT2D eigenvalue weighted by molar-refractivity contribution is 7.92. The molecule has 0 aromatic heterocycles. The molecule has 1 amide bonds. The molecule has 0 saturated heterocycles.